The van der Waals surface area contributed by atoms with Gasteiger partial charge in [0.05, 0.1) is 6.54 Å². The molecule has 0 radical (unpaired) electrons. The molecule has 0 bridgehead atoms. The highest BCUT2D eigenvalue weighted by molar-refractivity contribution is 7.98. The first-order chi connectivity index (χ1) is 12.5. The summed E-state index contributed by atoms with van der Waals surface area (Å²) >= 11 is 1.47. The second-order valence-electron chi connectivity index (χ2n) is 5.56. The third kappa shape index (κ3) is 4.45. The van der Waals surface area contributed by atoms with Gasteiger partial charge in [-0.15, -0.1) is 10.2 Å². The van der Waals surface area contributed by atoms with Crippen LogP contribution in [0, 0.1) is 11.6 Å². The first-order valence-corrected chi connectivity index (χ1v) is 8.81. The van der Waals surface area contributed by atoms with Gasteiger partial charge in [0.1, 0.15) is 11.6 Å². The molecule has 0 unspecified atom stereocenters. The molecule has 134 valence electrons. The Balaban J connectivity index is 1.57. The van der Waals surface area contributed by atoms with Gasteiger partial charge in [-0.3, -0.25) is 4.79 Å². The summed E-state index contributed by atoms with van der Waals surface area (Å²) in [7, 11) is 1.81. The lowest BCUT2D eigenvalue weighted by Crippen LogP contribution is -2.24. The number of hydrogen-bond acceptors (Lipinski definition) is 4. The summed E-state index contributed by atoms with van der Waals surface area (Å²) in [6.07, 6.45) is 0. The smallest absolute Gasteiger partial charge is 0.251 e. The zero-order chi connectivity index (χ0) is 18.5. The van der Waals surface area contributed by atoms with Gasteiger partial charge in [-0.25, -0.2) is 8.78 Å². The summed E-state index contributed by atoms with van der Waals surface area (Å²) < 4.78 is 27.6. The fraction of sp³-hybridized carbons (Fsp3) is 0.167. The van der Waals surface area contributed by atoms with E-state index in [0.717, 1.165) is 5.56 Å². The van der Waals surface area contributed by atoms with Crippen LogP contribution in [0.1, 0.15) is 21.7 Å². The average Bonchev–Trinajstić information content (AvgIpc) is 3.00. The SMILES string of the molecule is Cn1c(CNC(=O)c2ccc(F)cc2)nnc1SCc1ccc(F)cc1. The van der Waals surface area contributed by atoms with Crippen LogP contribution in [0.3, 0.4) is 0 Å². The Hall–Kier alpha value is -2.74. The lowest BCUT2D eigenvalue weighted by Gasteiger charge is -2.06. The van der Waals surface area contributed by atoms with Crippen LogP contribution in [0.15, 0.2) is 53.7 Å². The number of benzene rings is 2. The molecule has 5 nitrogen and oxygen atoms in total. The zero-order valence-electron chi connectivity index (χ0n) is 13.9. The lowest BCUT2D eigenvalue weighted by atomic mass is 10.2. The van der Waals surface area contributed by atoms with Gasteiger partial charge < -0.3 is 9.88 Å². The molecule has 2 aromatic carbocycles. The molecular weight excluding hydrogens is 358 g/mol. The number of thioether (sulfide) groups is 1. The van der Waals surface area contributed by atoms with Crippen molar-refractivity contribution in [2.75, 3.05) is 0 Å². The number of halogens is 2. The molecule has 0 aliphatic heterocycles. The van der Waals surface area contributed by atoms with Crippen molar-refractivity contribution in [2.45, 2.75) is 17.5 Å². The molecule has 0 spiro atoms. The summed E-state index contributed by atoms with van der Waals surface area (Å²) in [5.74, 6) is 0.263. The topological polar surface area (TPSA) is 59.8 Å². The molecule has 0 aliphatic carbocycles. The summed E-state index contributed by atoms with van der Waals surface area (Å²) in [5, 5.41) is 11.6. The van der Waals surface area contributed by atoms with Crippen LogP contribution < -0.4 is 5.32 Å². The molecule has 1 aromatic heterocycles. The third-order valence-corrected chi connectivity index (χ3v) is 4.81. The molecule has 0 atom stereocenters. The minimum atomic E-state index is -0.391. The Morgan fingerprint density at radius 3 is 2.31 bits per heavy atom. The number of carbonyl (C=O) groups is 1. The summed E-state index contributed by atoms with van der Waals surface area (Å²) in [4.78, 5) is 12.1. The first-order valence-electron chi connectivity index (χ1n) is 7.82. The van der Waals surface area contributed by atoms with Crippen molar-refractivity contribution in [2.24, 2.45) is 7.05 Å². The van der Waals surface area contributed by atoms with E-state index < -0.39 is 5.82 Å². The van der Waals surface area contributed by atoms with Crippen LogP contribution in [-0.4, -0.2) is 20.7 Å². The number of amides is 1. The minimum absolute atomic E-state index is 0.205. The van der Waals surface area contributed by atoms with Crippen molar-refractivity contribution in [3.05, 3.63) is 77.1 Å². The molecule has 3 rings (SSSR count). The number of carbonyl (C=O) groups excluding carboxylic acids is 1. The Bertz CT molecular complexity index is 895. The quantitative estimate of drug-likeness (QED) is 0.673. The van der Waals surface area contributed by atoms with E-state index >= 15 is 0 Å². The van der Waals surface area contributed by atoms with Crippen LogP contribution in [0.4, 0.5) is 8.78 Å². The number of hydrogen-bond donors (Lipinski definition) is 1. The van der Waals surface area contributed by atoms with E-state index in [0.29, 0.717) is 22.3 Å². The molecule has 0 saturated carbocycles. The molecule has 1 N–H and O–H groups in total. The summed E-state index contributed by atoms with van der Waals surface area (Å²) in [6, 6.07) is 11.6. The highest BCUT2D eigenvalue weighted by atomic mass is 32.2. The predicted molar refractivity (Wildman–Crippen MR) is 94.5 cm³/mol. The van der Waals surface area contributed by atoms with Gasteiger partial charge in [-0.05, 0) is 42.0 Å². The van der Waals surface area contributed by atoms with Gasteiger partial charge in [0, 0.05) is 18.4 Å². The van der Waals surface area contributed by atoms with Crippen molar-refractivity contribution >= 4 is 17.7 Å². The molecule has 0 saturated heterocycles. The second kappa shape index (κ2) is 8.09. The number of aromatic nitrogens is 3. The van der Waals surface area contributed by atoms with Gasteiger partial charge >= 0.3 is 0 Å². The zero-order valence-corrected chi connectivity index (χ0v) is 14.8. The van der Waals surface area contributed by atoms with E-state index in [4.69, 9.17) is 0 Å². The molecule has 3 aromatic rings. The number of nitrogens with zero attached hydrogens (tertiary/aromatic N) is 3. The Labute approximate surface area is 153 Å². The maximum atomic E-state index is 12.9. The van der Waals surface area contributed by atoms with Crippen molar-refractivity contribution in [3.8, 4) is 0 Å². The molecular formula is C18H16F2N4OS. The van der Waals surface area contributed by atoms with Crippen LogP contribution >= 0.6 is 11.8 Å². The predicted octanol–water partition coefficient (Wildman–Crippen LogP) is 3.32. The van der Waals surface area contributed by atoms with E-state index in [2.05, 4.69) is 15.5 Å². The van der Waals surface area contributed by atoms with Crippen molar-refractivity contribution < 1.29 is 13.6 Å². The van der Waals surface area contributed by atoms with E-state index in [-0.39, 0.29) is 18.3 Å². The second-order valence-corrected chi connectivity index (χ2v) is 6.51. The fourth-order valence-corrected chi connectivity index (χ4v) is 3.10. The van der Waals surface area contributed by atoms with Crippen molar-refractivity contribution in [1.82, 2.24) is 20.1 Å². The Morgan fingerprint density at radius 2 is 1.65 bits per heavy atom. The largest absolute Gasteiger partial charge is 0.345 e. The Kier molecular flexibility index (Phi) is 5.62. The molecule has 1 amide bonds. The van der Waals surface area contributed by atoms with E-state index in [1.807, 2.05) is 7.05 Å². The van der Waals surface area contributed by atoms with E-state index in [9.17, 15) is 13.6 Å². The van der Waals surface area contributed by atoms with Crippen molar-refractivity contribution in [3.63, 3.8) is 0 Å². The van der Waals surface area contributed by atoms with Gasteiger partial charge in [0.15, 0.2) is 11.0 Å². The maximum absolute atomic E-state index is 12.9. The van der Waals surface area contributed by atoms with Gasteiger partial charge in [0.25, 0.3) is 5.91 Å². The standard InChI is InChI=1S/C18H16F2N4OS/c1-24-16(10-21-17(25)13-4-8-15(20)9-5-13)22-23-18(24)26-11-12-2-6-14(19)7-3-12/h2-9H,10-11H2,1H3,(H,21,25). The first kappa shape index (κ1) is 18.1. The summed E-state index contributed by atoms with van der Waals surface area (Å²) in [6.45, 7) is 0.205. The molecule has 26 heavy (non-hydrogen) atoms. The summed E-state index contributed by atoms with van der Waals surface area (Å²) in [5.41, 5.74) is 1.35. The van der Waals surface area contributed by atoms with E-state index in [1.54, 1.807) is 16.7 Å². The van der Waals surface area contributed by atoms with Gasteiger partial charge in [0.2, 0.25) is 0 Å². The normalized spacial score (nSPS) is 10.7. The monoisotopic (exact) mass is 374 g/mol. The fourth-order valence-electron chi connectivity index (χ4n) is 2.22. The molecule has 0 aliphatic rings. The minimum Gasteiger partial charge on any atom is -0.345 e. The highest BCUT2D eigenvalue weighted by Gasteiger charge is 2.12. The highest BCUT2D eigenvalue weighted by Crippen LogP contribution is 2.21. The van der Waals surface area contributed by atoms with Crippen LogP contribution in [-0.2, 0) is 19.3 Å². The molecule has 0 fully saturated rings. The molecule has 8 heteroatoms. The maximum Gasteiger partial charge on any atom is 0.251 e. The Morgan fingerprint density at radius 1 is 1.04 bits per heavy atom. The van der Waals surface area contributed by atoms with Crippen molar-refractivity contribution in [1.29, 1.82) is 0 Å². The van der Waals surface area contributed by atoms with Gasteiger partial charge in [-0.1, -0.05) is 23.9 Å². The number of nitrogens with one attached hydrogen (secondary N) is 1. The average molecular weight is 374 g/mol. The van der Waals surface area contributed by atoms with E-state index in [1.165, 1.54) is 48.2 Å². The number of rotatable bonds is 6. The molecule has 1 heterocycles. The third-order valence-electron chi connectivity index (χ3n) is 3.72. The van der Waals surface area contributed by atoms with Crippen LogP contribution in [0.25, 0.3) is 0 Å². The van der Waals surface area contributed by atoms with Crippen LogP contribution in [0.5, 0.6) is 0 Å². The van der Waals surface area contributed by atoms with Gasteiger partial charge in [-0.2, -0.15) is 0 Å². The van der Waals surface area contributed by atoms with Crippen LogP contribution in [0.2, 0.25) is 0 Å². The lowest BCUT2D eigenvalue weighted by molar-refractivity contribution is 0.0949.